The summed E-state index contributed by atoms with van der Waals surface area (Å²) in [5, 5.41) is 0. The van der Waals surface area contributed by atoms with Crippen LogP contribution in [0.3, 0.4) is 0 Å². The molecule has 1 saturated carbocycles. The fourth-order valence-corrected chi connectivity index (χ4v) is 1.98. The summed E-state index contributed by atoms with van der Waals surface area (Å²) in [6.45, 7) is 1.24. The Balaban J connectivity index is 1.90. The second-order valence-electron chi connectivity index (χ2n) is 3.53. The summed E-state index contributed by atoms with van der Waals surface area (Å²) < 4.78 is 2.30. The minimum atomic E-state index is 0.961. The molecule has 0 saturated heterocycles. The van der Waals surface area contributed by atoms with Gasteiger partial charge < -0.3 is 4.57 Å². The molecule has 60 valence electrons. The van der Waals surface area contributed by atoms with E-state index in [4.69, 9.17) is 0 Å². The molecule has 1 nitrogen and oxygen atoms in total. The topological polar surface area (TPSA) is 4.93 Å². The van der Waals surface area contributed by atoms with E-state index in [1.54, 1.807) is 0 Å². The summed E-state index contributed by atoms with van der Waals surface area (Å²) in [5.41, 5.74) is 0. The van der Waals surface area contributed by atoms with Gasteiger partial charge in [-0.2, -0.15) is 0 Å². The van der Waals surface area contributed by atoms with E-state index in [0.717, 1.165) is 5.92 Å². The van der Waals surface area contributed by atoms with Crippen LogP contribution in [0.15, 0.2) is 24.5 Å². The quantitative estimate of drug-likeness (QED) is 0.609. The van der Waals surface area contributed by atoms with Gasteiger partial charge in [-0.1, -0.05) is 12.8 Å². The monoisotopic (exact) mass is 149 g/mol. The Bertz CT molecular complexity index is 195. The van der Waals surface area contributed by atoms with Crippen LogP contribution in [0.5, 0.6) is 0 Å². The minimum Gasteiger partial charge on any atom is -0.354 e. The molecule has 0 atom stereocenters. The van der Waals surface area contributed by atoms with Crippen molar-refractivity contribution in [1.29, 1.82) is 0 Å². The Kier molecular flexibility index (Phi) is 1.97. The third-order valence-corrected chi connectivity index (χ3v) is 2.61. The van der Waals surface area contributed by atoms with Crippen LogP contribution in [0.4, 0.5) is 0 Å². The molecule has 1 fully saturated rings. The lowest BCUT2D eigenvalue weighted by Gasteiger charge is -2.08. The molecule has 1 aromatic heterocycles. The number of hydrogen-bond acceptors (Lipinski definition) is 0. The summed E-state index contributed by atoms with van der Waals surface area (Å²) in [6.07, 6.45) is 10.1. The van der Waals surface area contributed by atoms with Crippen LogP contribution >= 0.6 is 0 Å². The largest absolute Gasteiger partial charge is 0.354 e. The van der Waals surface area contributed by atoms with Gasteiger partial charge in [0.2, 0.25) is 0 Å². The highest BCUT2D eigenvalue weighted by Gasteiger charge is 2.14. The normalized spacial score (nSPS) is 19.3. The van der Waals surface area contributed by atoms with Crippen LogP contribution in [0.2, 0.25) is 0 Å². The molecule has 0 amide bonds. The first-order valence-corrected chi connectivity index (χ1v) is 4.56. The first-order chi connectivity index (χ1) is 5.45. The lowest BCUT2D eigenvalue weighted by molar-refractivity contribution is 0.458. The average molecular weight is 149 g/mol. The number of aromatic nitrogens is 1. The Labute approximate surface area is 68.0 Å². The second kappa shape index (κ2) is 3.12. The molecular formula is C10H15N. The fraction of sp³-hybridized carbons (Fsp3) is 0.600. The maximum Gasteiger partial charge on any atom is 0.0247 e. The molecule has 2 rings (SSSR count). The molecule has 0 aromatic carbocycles. The Hall–Kier alpha value is -0.720. The van der Waals surface area contributed by atoms with Crippen molar-refractivity contribution in [3.63, 3.8) is 0 Å². The Morgan fingerprint density at radius 1 is 1.09 bits per heavy atom. The molecule has 1 heterocycles. The van der Waals surface area contributed by atoms with Crippen LogP contribution in [-0.2, 0) is 6.54 Å². The van der Waals surface area contributed by atoms with Gasteiger partial charge in [-0.3, -0.25) is 0 Å². The molecular weight excluding hydrogens is 134 g/mol. The van der Waals surface area contributed by atoms with Gasteiger partial charge >= 0.3 is 0 Å². The molecule has 0 aliphatic heterocycles. The highest BCUT2D eigenvalue weighted by molar-refractivity contribution is 4.90. The van der Waals surface area contributed by atoms with E-state index < -0.39 is 0 Å². The number of hydrogen-bond donors (Lipinski definition) is 0. The van der Waals surface area contributed by atoms with E-state index in [0.29, 0.717) is 0 Å². The van der Waals surface area contributed by atoms with Gasteiger partial charge in [0.1, 0.15) is 0 Å². The van der Waals surface area contributed by atoms with E-state index in [-0.39, 0.29) is 0 Å². The predicted octanol–water partition coefficient (Wildman–Crippen LogP) is 2.68. The highest BCUT2D eigenvalue weighted by Crippen LogP contribution is 2.25. The first kappa shape index (κ1) is 6.96. The maximum atomic E-state index is 2.30. The second-order valence-corrected chi connectivity index (χ2v) is 3.53. The van der Waals surface area contributed by atoms with Crippen molar-refractivity contribution in [3.05, 3.63) is 24.5 Å². The van der Waals surface area contributed by atoms with Crippen molar-refractivity contribution in [2.24, 2.45) is 5.92 Å². The van der Waals surface area contributed by atoms with Gasteiger partial charge in [-0.05, 0) is 30.9 Å². The third kappa shape index (κ3) is 1.65. The molecule has 0 unspecified atom stereocenters. The highest BCUT2D eigenvalue weighted by atomic mass is 14.9. The van der Waals surface area contributed by atoms with Crippen molar-refractivity contribution >= 4 is 0 Å². The van der Waals surface area contributed by atoms with Gasteiger partial charge in [-0.25, -0.2) is 0 Å². The van der Waals surface area contributed by atoms with Crippen molar-refractivity contribution in [3.8, 4) is 0 Å². The van der Waals surface area contributed by atoms with Crippen molar-refractivity contribution in [2.45, 2.75) is 32.2 Å². The zero-order valence-corrected chi connectivity index (χ0v) is 6.87. The van der Waals surface area contributed by atoms with Crippen LogP contribution in [0.25, 0.3) is 0 Å². The summed E-state index contributed by atoms with van der Waals surface area (Å²) in [7, 11) is 0. The van der Waals surface area contributed by atoms with Crippen LogP contribution in [-0.4, -0.2) is 4.57 Å². The minimum absolute atomic E-state index is 0.961. The Morgan fingerprint density at radius 3 is 2.36 bits per heavy atom. The van der Waals surface area contributed by atoms with Crippen molar-refractivity contribution < 1.29 is 0 Å². The molecule has 1 aliphatic carbocycles. The summed E-state index contributed by atoms with van der Waals surface area (Å²) in [4.78, 5) is 0. The van der Waals surface area contributed by atoms with Crippen LogP contribution < -0.4 is 0 Å². The zero-order valence-electron chi connectivity index (χ0n) is 6.87. The van der Waals surface area contributed by atoms with Gasteiger partial charge in [0.15, 0.2) is 0 Å². The fourth-order valence-electron chi connectivity index (χ4n) is 1.98. The average Bonchev–Trinajstić information content (AvgIpc) is 2.60. The van der Waals surface area contributed by atoms with E-state index in [1.165, 1.54) is 32.2 Å². The third-order valence-electron chi connectivity index (χ3n) is 2.61. The molecule has 0 N–H and O–H groups in total. The van der Waals surface area contributed by atoms with Gasteiger partial charge in [0.05, 0.1) is 0 Å². The Morgan fingerprint density at radius 2 is 1.73 bits per heavy atom. The predicted molar refractivity (Wildman–Crippen MR) is 46.4 cm³/mol. The molecule has 11 heavy (non-hydrogen) atoms. The van der Waals surface area contributed by atoms with Crippen LogP contribution in [0, 0.1) is 5.92 Å². The molecule has 0 bridgehead atoms. The summed E-state index contributed by atoms with van der Waals surface area (Å²) >= 11 is 0. The lowest BCUT2D eigenvalue weighted by Crippen LogP contribution is -2.04. The van der Waals surface area contributed by atoms with Gasteiger partial charge in [0, 0.05) is 18.9 Å². The molecule has 1 aromatic rings. The molecule has 1 heteroatoms. The summed E-state index contributed by atoms with van der Waals surface area (Å²) in [6, 6.07) is 4.21. The van der Waals surface area contributed by atoms with Gasteiger partial charge in [0.25, 0.3) is 0 Å². The molecule has 1 aliphatic rings. The standard InChI is InChI=1S/C10H15N/c1-2-6-10(5-1)9-11-7-3-4-8-11/h3-4,7-8,10H,1-2,5-6,9H2. The van der Waals surface area contributed by atoms with E-state index in [2.05, 4.69) is 29.1 Å². The number of rotatable bonds is 2. The van der Waals surface area contributed by atoms with Crippen molar-refractivity contribution in [1.82, 2.24) is 4.57 Å². The first-order valence-electron chi connectivity index (χ1n) is 4.56. The number of nitrogens with zero attached hydrogens (tertiary/aromatic N) is 1. The molecule has 0 radical (unpaired) electrons. The van der Waals surface area contributed by atoms with Crippen molar-refractivity contribution in [2.75, 3.05) is 0 Å². The van der Waals surface area contributed by atoms with Crippen LogP contribution in [0.1, 0.15) is 25.7 Å². The van der Waals surface area contributed by atoms with E-state index in [1.807, 2.05) is 0 Å². The zero-order chi connectivity index (χ0) is 7.52. The SMILES string of the molecule is c1ccn(CC2CCCC2)c1. The smallest absolute Gasteiger partial charge is 0.0247 e. The maximum absolute atomic E-state index is 2.30. The van der Waals surface area contributed by atoms with Gasteiger partial charge in [-0.15, -0.1) is 0 Å². The van der Waals surface area contributed by atoms with E-state index in [9.17, 15) is 0 Å². The summed E-state index contributed by atoms with van der Waals surface area (Å²) in [5.74, 6) is 0.961. The van der Waals surface area contributed by atoms with E-state index >= 15 is 0 Å². The lowest BCUT2D eigenvalue weighted by atomic mass is 10.1. The molecule has 0 spiro atoms.